The van der Waals surface area contributed by atoms with Gasteiger partial charge in [0.15, 0.2) is 5.17 Å². The number of benzene rings is 1. The summed E-state index contributed by atoms with van der Waals surface area (Å²) >= 11 is 1.11. The molecule has 1 aromatic heterocycles. The van der Waals surface area contributed by atoms with Crippen LogP contribution >= 0.6 is 11.8 Å². The van der Waals surface area contributed by atoms with Crippen molar-refractivity contribution in [1.82, 2.24) is 15.3 Å². The van der Waals surface area contributed by atoms with Crippen LogP contribution in [0, 0.1) is 17.0 Å². The van der Waals surface area contributed by atoms with Gasteiger partial charge >= 0.3 is 0 Å². The number of nitro groups is 1. The summed E-state index contributed by atoms with van der Waals surface area (Å²) in [6.07, 6.45) is 2.95. The molecule has 1 unspecified atom stereocenters. The Hall–Kier alpha value is -3.34. The summed E-state index contributed by atoms with van der Waals surface area (Å²) in [5.74, 6) is -0.568. The van der Waals surface area contributed by atoms with Gasteiger partial charge in [-0.25, -0.2) is 9.97 Å². The number of anilines is 1. The van der Waals surface area contributed by atoms with Crippen LogP contribution in [0.25, 0.3) is 0 Å². The van der Waals surface area contributed by atoms with Crippen molar-refractivity contribution in [3.63, 3.8) is 0 Å². The molecule has 2 amide bonds. The number of hydrogen-bond acceptors (Lipinski definition) is 8. The Bertz CT molecular complexity index is 934. The molecule has 1 aromatic carbocycles. The lowest BCUT2D eigenvalue weighted by Crippen LogP contribution is -2.28. The first-order valence-electron chi connectivity index (χ1n) is 7.80. The van der Waals surface area contributed by atoms with Crippen molar-refractivity contribution >= 4 is 46.1 Å². The molecule has 0 saturated carbocycles. The van der Waals surface area contributed by atoms with E-state index in [1.54, 1.807) is 19.1 Å². The van der Waals surface area contributed by atoms with Crippen molar-refractivity contribution in [3.05, 3.63) is 52.3 Å². The highest BCUT2D eigenvalue weighted by Gasteiger charge is 2.32. The Morgan fingerprint density at radius 2 is 2.15 bits per heavy atom. The highest BCUT2D eigenvalue weighted by molar-refractivity contribution is 8.15. The molecular weight excluding hydrogens is 372 g/mol. The maximum Gasteiger partial charge on any atom is 0.271 e. The van der Waals surface area contributed by atoms with Gasteiger partial charge in [-0.2, -0.15) is 4.99 Å². The van der Waals surface area contributed by atoms with E-state index < -0.39 is 16.1 Å². The van der Waals surface area contributed by atoms with E-state index in [2.05, 4.69) is 25.6 Å². The summed E-state index contributed by atoms with van der Waals surface area (Å²) < 4.78 is 0. The predicted octanol–water partition coefficient (Wildman–Crippen LogP) is 1.94. The van der Waals surface area contributed by atoms with Crippen molar-refractivity contribution in [2.24, 2.45) is 4.99 Å². The van der Waals surface area contributed by atoms with Gasteiger partial charge in [0.2, 0.25) is 11.8 Å². The lowest BCUT2D eigenvalue weighted by atomic mass is 10.1. The largest absolute Gasteiger partial charge is 0.326 e. The second-order valence-corrected chi connectivity index (χ2v) is 6.76. The van der Waals surface area contributed by atoms with E-state index in [9.17, 15) is 19.7 Å². The number of amides is 2. The first-order chi connectivity index (χ1) is 12.9. The molecule has 1 fully saturated rings. The molecule has 1 aliphatic rings. The molecule has 0 bridgehead atoms. The van der Waals surface area contributed by atoms with Gasteiger partial charge in [-0.15, -0.1) is 0 Å². The van der Waals surface area contributed by atoms with Gasteiger partial charge in [-0.1, -0.05) is 17.8 Å². The second kappa shape index (κ2) is 7.91. The zero-order valence-corrected chi connectivity index (χ0v) is 14.9. The molecule has 0 aliphatic carbocycles. The number of carbonyl (C=O) groups is 2. The summed E-state index contributed by atoms with van der Waals surface area (Å²) in [7, 11) is 0. The molecule has 2 N–H and O–H groups in total. The molecule has 10 nitrogen and oxygen atoms in total. The number of aliphatic imine (C=N–C) groups is 1. The van der Waals surface area contributed by atoms with Gasteiger partial charge in [0.25, 0.3) is 11.6 Å². The number of thioether (sulfide) groups is 1. The van der Waals surface area contributed by atoms with E-state index >= 15 is 0 Å². The first-order valence-corrected chi connectivity index (χ1v) is 8.68. The van der Waals surface area contributed by atoms with Gasteiger partial charge in [-0.05, 0) is 18.6 Å². The van der Waals surface area contributed by atoms with E-state index in [1.807, 2.05) is 0 Å². The standard InChI is InChI=1S/C16H14N6O4S/c1-9-3-4-10(22(25)26)7-11(9)19-13(23)8-12-14(24)20-16(27-12)21-15-17-5-2-6-18-15/h2-7,12H,8H2,1H3,(H,19,23)(H,17,18,20,21,24). The highest BCUT2D eigenvalue weighted by Crippen LogP contribution is 2.26. The quantitative estimate of drug-likeness (QED) is 0.591. The van der Waals surface area contributed by atoms with E-state index in [0.717, 1.165) is 11.8 Å². The summed E-state index contributed by atoms with van der Waals surface area (Å²) in [6.45, 7) is 1.72. The molecule has 1 saturated heterocycles. The topological polar surface area (TPSA) is 139 Å². The van der Waals surface area contributed by atoms with E-state index in [0.29, 0.717) is 16.4 Å². The molecular formula is C16H14N6O4S. The zero-order valence-electron chi connectivity index (χ0n) is 14.1. The SMILES string of the molecule is Cc1ccc([N+](=O)[O-])cc1NC(=O)CC1S/C(=N\c2ncccn2)NC1=O. The molecule has 2 aromatic rings. The van der Waals surface area contributed by atoms with Gasteiger partial charge < -0.3 is 10.6 Å². The van der Waals surface area contributed by atoms with Crippen molar-refractivity contribution in [2.75, 3.05) is 5.32 Å². The number of amidine groups is 1. The van der Waals surface area contributed by atoms with E-state index in [-0.39, 0.29) is 24.0 Å². The first kappa shape index (κ1) is 18.5. The molecule has 0 spiro atoms. The van der Waals surface area contributed by atoms with Crippen molar-refractivity contribution in [2.45, 2.75) is 18.6 Å². The maximum atomic E-state index is 12.3. The number of carbonyl (C=O) groups excluding carboxylic acids is 2. The maximum absolute atomic E-state index is 12.3. The Labute approximate surface area is 157 Å². The third-order valence-corrected chi connectivity index (χ3v) is 4.69. The lowest BCUT2D eigenvalue weighted by Gasteiger charge is -2.09. The van der Waals surface area contributed by atoms with Crippen LogP contribution in [0.5, 0.6) is 0 Å². The minimum atomic E-state index is -0.661. The molecule has 11 heteroatoms. The number of non-ortho nitro benzene ring substituents is 1. The Morgan fingerprint density at radius 1 is 1.41 bits per heavy atom. The smallest absolute Gasteiger partial charge is 0.271 e. The molecule has 2 heterocycles. The van der Waals surface area contributed by atoms with Crippen molar-refractivity contribution in [3.8, 4) is 0 Å². The number of aromatic nitrogens is 2. The van der Waals surface area contributed by atoms with Gasteiger partial charge in [0.05, 0.1) is 10.6 Å². The van der Waals surface area contributed by atoms with Crippen LogP contribution in [0.4, 0.5) is 17.3 Å². The molecule has 0 radical (unpaired) electrons. The minimum Gasteiger partial charge on any atom is -0.326 e. The Balaban J connectivity index is 1.65. The molecule has 1 atom stereocenters. The summed E-state index contributed by atoms with van der Waals surface area (Å²) in [4.78, 5) is 46.7. The predicted molar refractivity (Wildman–Crippen MR) is 99.7 cm³/mol. The molecule has 3 rings (SSSR count). The number of rotatable bonds is 5. The fourth-order valence-corrected chi connectivity index (χ4v) is 3.22. The number of hydrogen-bond donors (Lipinski definition) is 2. The number of nitrogens with zero attached hydrogens (tertiary/aromatic N) is 4. The number of aryl methyl sites for hydroxylation is 1. The van der Waals surface area contributed by atoms with Crippen LogP contribution in [0.1, 0.15) is 12.0 Å². The third kappa shape index (κ3) is 4.64. The average molecular weight is 386 g/mol. The average Bonchev–Trinajstić information content (AvgIpc) is 2.96. The fraction of sp³-hybridized carbons (Fsp3) is 0.188. The van der Waals surface area contributed by atoms with Gasteiger partial charge in [0, 0.05) is 30.9 Å². The number of nitro benzene ring substituents is 1. The molecule has 1 aliphatic heterocycles. The van der Waals surface area contributed by atoms with E-state index in [4.69, 9.17) is 0 Å². The van der Waals surface area contributed by atoms with Crippen LogP contribution in [0.3, 0.4) is 0 Å². The minimum absolute atomic E-state index is 0.104. The van der Waals surface area contributed by atoms with Crippen molar-refractivity contribution in [1.29, 1.82) is 0 Å². The number of nitrogens with one attached hydrogen (secondary N) is 2. The van der Waals surface area contributed by atoms with Crippen LogP contribution in [-0.4, -0.2) is 37.1 Å². The van der Waals surface area contributed by atoms with Crippen LogP contribution in [0.15, 0.2) is 41.7 Å². The van der Waals surface area contributed by atoms with Crippen LogP contribution in [-0.2, 0) is 9.59 Å². The fourth-order valence-electron chi connectivity index (χ4n) is 2.26. The van der Waals surface area contributed by atoms with Gasteiger partial charge in [0.1, 0.15) is 5.25 Å². The highest BCUT2D eigenvalue weighted by atomic mass is 32.2. The zero-order chi connectivity index (χ0) is 19.4. The third-order valence-electron chi connectivity index (χ3n) is 3.61. The van der Waals surface area contributed by atoms with Crippen LogP contribution < -0.4 is 10.6 Å². The van der Waals surface area contributed by atoms with Gasteiger partial charge in [-0.3, -0.25) is 19.7 Å². The molecule has 27 heavy (non-hydrogen) atoms. The Kier molecular flexibility index (Phi) is 5.41. The normalized spacial score (nSPS) is 17.6. The molecule has 138 valence electrons. The lowest BCUT2D eigenvalue weighted by molar-refractivity contribution is -0.384. The van der Waals surface area contributed by atoms with Crippen LogP contribution in [0.2, 0.25) is 0 Å². The summed E-state index contributed by atoms with van der Waals surface area (Å²) in [5.41, 5.74) is 0.895. The summed E-state index contributed by atoms with van der Waals surface area (Å²) in [6, 6.07) is 5.84. The van der Waals surface area contributed by atoms with E-state index in [1.165, 1.54) is 24.5 Å². The summed E-state index contributed by atoms with van der Waals surface area (Å²) in [5, 5.41) is 15.7. The Morgan fingerprint density at radius 3 is 2.85 bits per heavy atom. The monoisotopic (exact) mass is 386 g/mol. The van der Waals surface area contributed by atoms with Crippen molar-refractivity contribution < 1.29 is 14.5 Å². The second-order valence-electron chi connectivity index (χ2n) is 5.57.